The highest BCUT2D eigenvalue weighted by Gasteiger charge is 2.35. The van der Waals surface area contributed by atoms with E-state index in [2.05, 4.69) is 15.3 Å². The number of carbonyl (C=O) groups excluding carboxylic acids is 2. The summed E-state index contributed by atoms with van der Waals surface area (Å²) in [6.07, 6.45) is 0.594. The van der Waals surface area contributed by atoms with E-state index in [-0.39, 0.29) is 60.0 Å². The number of aliphatic hydroxyl groups excluding tert-OH is 1. The Morgan fingerprint density at radius 2 is 1.88 bits per heavy atom. The summed E-state index contributed by atoms with van der Waals surface area (Å²) in [7, 11) is 0. The lowest BCUT2D eigenvalue weighted by Crippen LogP contribution is -2.32. The molecule has 0 radical (unpaired) electrons. The van der Waals surface area contributed by atoms with Gasteiger partial charge in [-0.3, -0.25) is 9.59 Å². The quantitative estimate of drug-likeness (QED) is 0.101. The number of esters is 1. The van der Waals surface area contributed by atoms with Crippen LogP contribution < -0.4 is 28.2 Å². The number of halogens is 2. The maximum absolute atomic E-state index is 14.7. The topological polar surface area (TPSA) is 205 Å². The van der Waals surface area contributed by atoms with Gasteiger partial charge in [0, 0.05) is 34.3 Å². The van der Waals surface area contributed by atoms with Crippen LogP contribution in [-0.2, 0) is 34.0 Å². The molecule has 13 nitrogen and oxygen atoms in total. The molecule has 1 amide bonds. The molecule has 0 saturated carbocycles. The van der Waals surface area contributed by atoms with E-state index in [1.165, 1.54) is 27.9 Å². The predicted molar refractivity (Wildman–Crippen MR) is 176 cm³/mol. The number of aliphatic hydroxyl groups is 1. The predicted octanol–water partition coefficient (Wildman–Crippen LogP) is 3.08. The molecule has 4 aromatic rings. The molecule has 6 rings (SSSR count). The zero-order valence-electron chi connectivity index (χ0n) is 27.2. The fraction of sp³-hybridized carbons (Fsp3) is 0.303. The zero-order chi connectivity index (χ0) is 35.4. The molecular formula is C33H38F2N8O5. The fourth-order valence-electron chi connectivity index (χ4n) is 5.44. The molecular weight excluding hydrogens is 626 g/mol. The number of hydrogen-bond donors (Lipinski definition) is 5. The van der Waals surface area contributed by atoms with Gasteiger partial charge in [-0.15, -0.1) is 0 Å². The Kier molecular flexibility index (Phi) is 10.9. The number of benzene rings is 1. The standard InChI is InChI=1S/C29H26F2N8O5.2C2H6/c1-12-2-14-17(8-38(34)10-21(33)16-3-13(30)7-35-27(16)37-24(40)6-32)18-9-39-23(25(18)36-22(14)5-20(12)31)4-15-19(28(39)42)11-44-29(43)26(15)41;2*1-2/h2-5,7,10,26,41H,6,8-9,11,32-34H2,1H3,(H,35,37,40);2*1-2H3/b21-10-;;. The van der Waals surface area contributed by atoms with E-state index in [0.717, 1.165) is 12.3 Å². The molecule has 3 aromatic heterocycles. The molecule has 1 unspecified atom stereocenters. The van der Waals surface area contributed by atoms with Gasteiger partial charge in [0.1, 0.15) is 24.1 Å². The molecule has 1 aromatic carbocycles. The zero-order valence-corrected chi connectivity index (χ0v) is 27.2. The Bertz CT molecular complexity index is 2000. The monoisotopic (exact) mass is 664 g/mol. The number of amides is 1. The molecule has 5 heterocycles. The van der Waals surface area contributed by atoms with Crippen molar-refractivity contribution in [2.24, 2.45) is 17.3 Å². The molecule has 48 heavy (non-hydrogen) atoms. The highest BCUT2D eigenvalue weighted by molar-refractivity contribution is 5.94. The highest BCUT2D eigenvalue weighted by Crippen LogP contribution is 2.38. The second-order valence-corrected chi connectivity index (χ2v) is 10.5. The first-order valence-electron chi connectivity index (χ1n) is 15.3. The minimum atomic E-state index is -1.63. The number of fused-ring (bicyclic) bond motifs is 5. The molecule has 2 aliphatic rings. The van der Waals surface area contributed by atoms with Crippen LogP contribution in [0.4, 0.5) is 14.6 Å². The third-order valence-corrected chi connectivity index (χ3v) is 7.61. The van der Waals surface area contributed by atoms with Crippen LogP contribution in [0.25, 0.3) is 28.0 Å². The summed E-state index contributed by atoms with van der Waals surface area (Å²) >= 11 is 0. The number of nitrogens with one attached hydrogen (secondary N) is 1. The number of cyclic esters (lactones) is 1. The summed E-state index contributed by atoms with van der Waals surface area (Å²) in [5.41, 5.74) is 14.0. The minimum Gasteiger partial charge on any atom is -0.458 e. The lowest BCUT2D eigenvalue weighted by molar-refractivity contribution is -0.157. The van der Waals surface area contributed by atoms with Crippen LogP contribution in [0, 0.1) is 18.6 Å². The summed E-state index contributed by atoms with van der Waals surface area (Å²) in [4.78, 5) is 45.9. The van der Waals surface area contributed by atoms with Crippen molar-refractivity contribution in [1.29, 1.82) is 0 Å². The number of pyridine rings is 3. The second-order valence-electron chi connectivity index (χ2n) is 10.5. The van der Waals surface area contributed by atoms with Crippen molar-refractivity contribution < 1.29 is 28.2 Å². The molecule has 254 valence electrons. The SMILES string of the molecule is CC.CC.Cc1cc2c(CN(N)/C=C(\N)c3cc(F)cnc3NC(=O)CN)c3c(nc2cc1F)-c1cc2c(c(=O)n1C3)COC(=O)C2O. The van der Waals surface area contributed by atoms with Gasteiger partial charge in [0.15, 0.2) is 6.10 Å². The van der Waals surface area contributed by atoms with Gasteiger partial charge in [-0.2, -0.15) is 0 Å². The lowest BCUT2D eigenvalue weighted by atomic mass is 9.97. The third kappa shape index (κ3) is 6.60. The smallest absolute Gasteiger partial charge is 0.340 e. The van der Waals surface area contributed by atoms with E-state index in [1.807, 2.05) is 27.7 Å². The fourth-order valence-corrected chi connectivity index (χ4v) is 5.44. The first-order valence-corrected chi connectivity index (χ1v) is 15.3. The minimum absolute atomic E-state index is 0.0196. The maximum Gasteiger partial charge on any atom is 0.340 e. The first kappa shape index (κ1) is 35.6. The number of hydrogen-bond acceptors (Lipinski definition) is 11. The van der Waals surface area contributed by atoms with E-state index in [1.54, 1.807) is 13.0 Å². The summed E-state index contributed by atoms with van der Waals surface area (Å²) in [6.45, 7) is 9.04. The largest absolute Gasteiger partial charge is 0.458 e. The van der Waals surface area contributed by atoms with Crippen LogP contribution in [0.2, 0.25) is 0 Å². The molecule has 0 spiro atoms. The molecule has 15 heteroatoms. The number of aromatic nitrogens is 3. The number of nitrogens with two attached hydrogens (primary N) is 3. The summed E-state index contributed by atoms with van der Waals surface area (Å²) in [5, 5.41) is 14.7. The molecule has 1 atom stereocenters. The normalized spacial score (nSPS) is 14.4. The highest BCUT2D eigenvalue weighted by atomic mass is 19.1. The molecule has 0 fully saturated rings. The molecule has 0 aliphatic carbocycles. The van der Waals surface area contributed by atoms with Crippen molar-refractivity contribution in [3.63, 3.8) is 0 Å². The summed E-state index contributed by atoms with van der Waals surface area (Å²) < 4.78 is 35.2. The van der Waals surface area contributed by atoms with Crippen molar-refractivity contribution in [2.45, 2.75) is 60.4 Å². The van der Waals surface area contributed by atoms with Crippen molar-refractivity contribution >= 4 is 34.3 Å². The summed E-state index contributed by atoms with van der Waals surface area (Å²) in [6, 6.07) is 5.50. The van der Waals surface area contributed by atoms with Crippen LogP contribution in [-0.4, -0.2) is 43.1 Å². The number of carbonyl (C=O) groups is 2. The van der Waals surface area contributed by atoms with Gasteiger partial charge in [-0.1, -0.05) is 27.7 Å². The molecule has 2 aliphatic heterocycles. The van der Waals surface area contributed by atoms with Gasteiger partial charge in [0.2, 0.25) is 5.91 Å². The lowest BCUT2D eigenvalue weighted by Gasteiger charge is -2.21. The molecule has 0 saturated heterocycles. The second kappa shape index (κ2) is 14.7. The Hall–Kier alpha value is -5.25. The Morgan fingerprint density at radius 3 is 2.56 bits per heavy atom. The Labute approximate surface area is 275 Å². The van der Waals surface area contributed by atoms with Crippen molar-refractivity contribution in [3.8, 4) is 11.4 Å². The van der Waals surface area contributed by atoms with Crippen LogP contribution in [0.5, 0.6) is 0 Å². The van der Waals surface area contributed by atoms with Crippen LogP contribution in [0.15, 0.2) is 41.5 Å². The number of anilines is 1. The Balaban J connectivity index is 0.00000125. The number of rotatable bonds is 6. The average Bonchev–Trinajstić information content (AvgIpc) is 3.45. The van der Waals surface area contributed by atoms with Gasteiger partial charge in [0.05, 0.1) is 54.0 Å². The molecule has 0 bridgehead atoms. The number of nitrogens with zero attached hydrogens (tertiary/aromatic N) is 4. The first-order chi connectivity index (χ1) is 23.0. The maximum atomic E-state index is 14.7. The van der Waals surface area contributed by atoms with Crippen LogP contribution in [0.3, 0.4) is 0 Å². The van der Waals surface area contributed by atoms with E-state index in [9.17, 15) is 28.3 Å². The van der Waals surface area contributed by atoms with Crippen molar-refractivity contribution in [2.75, 3.05) is 11.9 Å². The van der Waals surface area contributed by atoms with Gasteiger partial charge in [0.25, 0.3) is 5.56 Å². The van der Waals surface area contributed by atoms with Gasteiger partial charge >= 0.3 is 5.97 Å². The number of ether oxygens (including phenoxy) is 1. The van der Waals surface area contributed by atoms with Gasteiger partial charge in [-0.25, -0.2) is 29.4 Å². The van der Waals surface area contributed by atoms with E-state index in [4.69, 9.17) is 22.0 Å². The summed E-state index contributed by atoms with van der Waals surface area (Å²) in [5.74, 6) is 3.74. The van der Waals surface area contributed by atoms with Gasteiger partial charge in [-0.05, 0) is 36.2 Å². The van der Waals surface area contributed by atoms with Crippen LogP contribution in [0.1, 0.15) is 67.2 Å². The van der Waals surface area contributed by atoms with Crippen molar-refractivity contribution in [1.82, 2.24) is 19.5 Å². The number of aryl methyl sites for hydroxylation is 1. The van der Waals surface area contributed by atoms with E-state index >= 15 is 0 Å². The van der Waals surface area contributed by atoms with E-state index in [0.29, 0.717) is 33.5 Å². The average molecular weight is 665 g/mol. The number of hydrazine groups is 1. The third-order valence-electron chi connectivity index (χ3n) is 7.61. The molecule has 8 N–H and O–H groups in total. The van der Waals surface area contributed by atoms with Crippen molar-refractivity contribution in [3.05, 3.63) is 92.0 Å². The Morgan fingerprint density at radius 1 is 1.17 bits per heavy atom. The van der Waals surface area contributed by atoms with E-state index < -0.39 is 35.2 Å². The van der Waals surface area contributed by atoms with Gasteiger partial charge < -0.3 is 36.2 Å². The van der Waals surface area contributed by atoms with Crippen LogP contribution >= 0.6 is 0 Å².